The van der Waals surface area contributed by atoms with Crippen LogP contribution in [-0.4, -0.2) is 53.6 Å². The van der Waals surface area contributed by atoms with Crippen molar-refractivity contribution in [3.8, 4) is 5.69 Å². The molecule has 0 saturated carbocycles. The molecule has 0 radical (unpaired) electrons. The van der Waals surface area contributed by atoms with Crippen LogP contribution < -0.4 is 5.43 Å². The number of aromatic nitrogens is 2. The molecule has 24 heavy (non-hydrogen) atoms. The summed E-state index contributed by atoms with van der Waals surface area (Å²) in [5.74, 6) is -0.410. The molecule has 1 aromatic carbocycles. The minimum atomic E-state index is -0.410. The smallest absolute Gasteiger partial charge is 0.211 e. The standard InChI is InChI=1S/C18H22N4O2/c1-20(2)11-9-16(23)18-17(24)10-12-22(19-18)15-7-5-14(6-8-15)13-21(3)4/h5-12H,13H2,1-4H3. The highest BCUT2D eigenvalue weighted by molar-refractivity contribution is 6.02. The van der Waals surface area contributed by atoms with Gasteiger partial charge in [-0.05, 0) is 31.8 Å². The van der Waals surface area contributed by atoms with Gasteiger partial charge < -0.3 is 9.80 Å². The minimum absolute atomic E-state index is 0.0898. The van der Waals surface area contributed by atoms with Gasteiger partial charge in [0.05, 0.1) is 5.69 Å². The van der Waals surface area contributed by atoms with E-state index in [4.69, 9.17) is 0 Å². The van der Waals surface area contributed by atoms with Crippen LogP contribution in [0.3, 0.4) is 0 Å². The maximum absolute atomic E-state index is 12.1. The van der Waals surface area contributed by atoms with Crippen molar-refractivity contribution in [3.05, 3.63) is 70.3 Å². The number of rotatable bonds is 6. The summed E-state index contributed by atoms with van der Waals surface area (Å²) in [6.07, 6.45) is 4.50. The topological polar surface area (TPSA) is 58.4 Å². The quantitative estimate of drug-likeness (QED) is 0.595. The maximum Gasteiger partial charge on any atom is 0.211 e. The Morgan fingerprint density at radius 2 is 1.79 bits per heavy atom. The van der Waals surface area contributed by atoms with Crippen LogP contribution in [0, 0.1) is 0 Å². The number of carbonyl (C=O) groups excluding carboxylic acids is 1. The summed E-state index contributed by atoms with van der Waals surface area (Å²) in [4.78, 5) is 27.9. The first-order valence-corrected chi connectivity index (χ1v) is 7.60. The Hall–Kier alpha value is -2.73. The van der Waals surface area contributed by atoms with Gasteiger partial charge in [0, 0.05) is 45.2 Å². The fourth-order valence-electron chi connectivity index (χ4n) is 2.14. The highest BCUT2D eigenvalue weighted by Gasteiger charge is 2.10. The summed E-state index contributed by atoms with van der Waals surface area (Å²) >= 11 is 0. The average molecular weight is 326 g/mol. The zero-order chi connectivity index (χ0) is 17.7. The Labute approximate surface area is 141 Å². The molecule has 2 aromatic rings. The fourth-order valence-corrected chi connectivity index (χ4v) is 2.14. The van der Waals surface area contributed by atoms with Gasteiger partial charge in [-0.25, -0.2) is 4.68 Å². The van der Waals surface area contributed by atoms with Crippen LogP contribution in [0.4, 0.5) is 0 Å². The van der Waals surface area contributed by atoms with Crippen molar-refractivity contribution in [1.29, 1.82) is 0 Å². The molecule has 0 aliphatic rings. The molecule has 0 aliphatic heterocycles. The van der Waals surface area contributed by atoms with Crippen LogP contribution in [-0.2, 0) is 6.54 Å². The van der Waals surface area contributed by atoms with E-state index in [0.29, 0.717) is 0 Å². The van der Waals surface area contributed by atoms with Gasteiger partial charge in [0.1, 0.15) is 0 Å². The number of carbonyl (C=O) groups is 1. The second kappa shape index (κ2) is 7.70. The van der Waals surface area contributed by atoms with Gasteiger partial charge in [0.15, 0.2) is 5.69 Å². The van der Waals surface area contributed by atoms with Crippen molar-refractivity contribution in [2.24, 2.45) is 0 Å². The molecule has 0 amide bonds. The Kier molecular flexibility index (Phi) is 5.65. The summed E-state index contributed by atoms with van der Waals surface area (Å²) in [6.45, 7) is 0.844. The van der Waals surface area contributed by atoms with Crippen molar-refractivity contribution in [2.45, 2.75) is 6.54 Å². The fraction of sp³-hybridized carbons (Fsp3) is 0.278. The van der Waals surface area contributed by atoms with Gasteiger partial charge in [-0.2, -0.15) is 5.10 Å². The zero-order valence-electron chi connectivity index (χ0n) is 14.4. The van der Waals surface area contributed by atoms with Gasteiger partial charge in [0.2, 0.25) is 11.2 Å². The Morgan fingerprint density at radius 1 is 1.12 bits per heavy atom. The molecule has 0 fully saturated rings. The second-order valence-corrected chi connectivity index (χ2v) is 6.02. The highest BCUT2D eigenvalue weighted by atomic mass is 16.1. The summed E-state index contributed by atoms with van der Waals surface area (Å²) < 4.78 is 1.54. The molecule has 0 atom stereocenters. The number of benzene rings is 1. The molecule has 2 rings (SSSR count). The molecule has 0 aliphatic carbocycles. The monoisotopic (exact) mass is 326 g/mol. The summed E-state index contributed by atoms with van der Waals surface area (Å²) in [7, 11) is 7.62. The van der Waals surface area contributed by atoms with E-state index < -0.39 is 5.78 Å². The number of allylic oxidation sites excluding steroid dienone is 1. The first-order chi connectivity index (χ1) is 11.4. The highest BCUT2D eigenvalue weighted by Crippen LogP contribution is 2.09. The maximum atomic E-state index is 12.1. The van der Waals surface area contributed by atoms with Crippen molar-refractivity contribution in [1.82, 2.24) is 19.6 Å². The molecule has 0 saturated heterocycles. The molecule has 0 N–H and O–H groups in total. The SMILES string of the molecule is CN(C)C=CC(=O)c1nn(-c2ccc(CN(C)C)cc2)ccc1=O. The Morgan fingerprint density at radius 3 is 2.38 bits per heavy atom. The summed E-state index contributed by atoms with van der Waals surface area (Å²) in [5.41, 5.74) is 1.50. The van der Waals surface area contributed by atoms with E-state index in [1.165, 1.54) is 22.4 Å². The number of ketones is 1. The Balaban J connectivity index is 2.30. The molecule has 0 unspecified atom stereocenters. The summed E-state index contributed by atoms with van der Waals surface area (Å²) in [6, 6.07) is 9.20. The van der Waals surface area contributed by atoms with E-state index >= 15 is 0 Å². The third kappa shape index (κ3) is 4.63. The molecular formula is C18H22N4O2. The predicted molar refractivity (Wildman–Crippen MR) is 94.4 cm³/mol. The predicted octanol–water partition coefficient (Wildman–Crippen LogP) is 1.55. The van der Waals surface area contributed by atoms with Gasteiger partial charge >= 0.3 is 0 Å². The molecule has 6 nitrogen and oxygen atoms in total. The average Bonchev–Trinajstić information content (AvgIpc) is 2.53. The van der Waals surface area contributed by atoms with Crippen LogP contribution in [0.5, 0.6) is 0 Å². The van der Waals surface area contributed by atoms with Crippen molar-refractivity contribution >= 4 is 5.78 Å². The van der Waals surface area contributed by atoms with Gasteiger partial charge in [0.25, 0.3) is 0 Å². The number of hydrogen-bond acceptors (Lipinski definition) is 5. The van der Waals surface area contributed by atoms with Crippen LogP contribution in [0.1, 0.15) is 16.1 Å². The normalized spacial score (nSPS) is 11.2. The second-order valence-electron chi connectivity index (χ2n) is 6.02. The summed E-state index contributed by atoms with van der Waals surface area (Å²) in [5, 5.41) is 4.19. The van der Waals surface area contributed by atoms with Gasteiger partial charge in [-0.3, -0.25) is 9.59 Å². The minimum Gasteiger partial charge on any atom is -0.383 e. The largest absolute Gasteiger partial charge is 0.383 e. The van der Waals surface area contributed by atoms with Crippen molar-refractivity contribution < 1.29 is 4.79 Å². The van der Waals surface area contributed by atoms with Crippen LogP contribution >= 0.6 is 0 Å². The lowest BCUT2D eigenvalue weighted by Crippen LogP contribution is -2.20. The lowest BCUT2D eigenvalue weighted by Gasteiger charge is -2.11. The van der Waals surface area contributed by atoms with E-state index in [0.717, 1.165) is 12.2 Å². The van der Waals surface area contributed by atoms with Gasteiger partial charge in [-0.1, -0.05) is 12.1 Å². The molecular weight excluding hydrogens is 304 g/mol. The number of nitrogens with zero attached hydrogens (tertiary/aromatic N) is 4. The van der Waals surface area contributed by atoms with Crippen molar-refractivity contribution in [2.75, 3.05) is 28.2 Å². The molecule has 6 heteroatoms. The van der Waals surface area contributed by atoms with Crippen LogP contribution in [0.15, 0.2) is 53.6 Å². The number of hydrogen-bond donors (Lipinski definition) is 0. The lowest BCUT2D eigenvalue weighted by atomic mass is 10.2. The van der Waals surface area contributed by atoms with E-state index in [1.54, 1.807) is 31.4 Å². The third-order valence-electron chi connectivity index (χ3n) is 3.27. The van der Waals surface area contributed by atoms with Crippen LogP contribution in [0.25, 0.3) is 5.69 Å². The van der Waals surface area contributed by atoms with E-state index in [9.17, 15) is 9.59 Å². The third-order valence-corrected chi connectivity index (χ3v) is 3.27. The van der Waals surface area contributed by atoms with E-state index in [1.807, 2.05) is 38.4 Å². The zero-order valence-corrected chi connectivity index (χ0v) is 14.4. The van der Waals surface area contributed by atoms with E-state index in [-0.39, 0.29) is 11.1 Å². The molecule has 0 bridgehead atoms. The first kappa shape index (κ1) is 17.6. The molecule has 1 aromatic heterocycles. The van der Waals surface area contributed by atoms with Crippen LogP contribution in [0.2, 0.25) is 0 Å². The molecule has 126 valence electrons. The lowest BCUT2D eigenvalue weighted by molar-refractivity contribution is 0.103. The Bertz CT molecular complexity index is 789. The van der Waals surface area contributed by atoms with E-state index in [2.05, 4.69) is 10.00 Å². The first-order valence-electron chi connectivity index (χ1n) is 7.60. The molecule has 1 heterocycles. The van der Waals surface area contributed by atoms with Gasteiger partial charge in [-0.15, -0.1) is 0 Å². The van der Waals surface area contributed by atoms with Crippen molar-refractivity contribution in [3.63, 3.8) is 0 Å². The molecule has 0 spiro atoms.